The van der Waals surface area contributed by atoms with E-state index in [1.54, 1.807) is 23.8 Å². The maximum Gasteiger partial charge on any atom is 0.176 e. The maximum absolute atomic E-state index is 5.34. The number of rotatable bonds is 3. The number of thiazole rings is 1. The summed E-state index contributed by atoms with van der Waals surface area (Å²) >= 11 is 1.60. The molecule has 0 aliphatic rings. The van der Waals surface area contributed by atoms with E-state index in [1.807, 2.05) is 33.8 Å². The summed E-state index contributed by atoms with van der Waals surface area (Å²) in [6, 6.07) is 3.76. The molecule has 0 amide bonds. The number of nitrogens with zero attached hydrogens (tertiary/aromatic N) is 3. The summed E-state index contributed by atoms with van der Waals surface area (Å²) in [5.74, 6) is 1.61. The second kappa shape index (κ2) is 3.94. The van der Waals surface area contributed by atoms with Crippen LogP contribution in [-0.4, -0.2) is 14.5 Å². The van der Waals surface area contributed by atoms with Crippen molar-refractivity contribution in [2.75, 3.05) is 0 Å². The van der Waals surface area contributed by atoms with E-state index in [0.29, 0.717) is 0 Å². The molecule has 0 bridgehead atoms. The topological polar surface area (TPSA) is 43.9 Å². The van der Waals surface area contributed by atoms with Crippen molar-refractivity contribution in [2.45, 2.75) is 6.54 Å². The maximum atomic E-state index is 5.34. The summed E-state index contributed by atoms with van der Waals surface area (Å²) < 4.78 is 7.36. The van der Waals surface area contributed by atoms with Crippen LogP contribution in [0.1, 0.15) is 5.69 Å². The van der Waals surface area contributed by atoms with E-state index in [0.717, 1.165) is 23.8 Å². The molecule has 0 saturated carbocycles. The van der Waals surface area contributed by atoms with E-state index in [2.05, 4.69) is 9.97 Å². The molecule has 3 rings (SSSR count). The number of hydrogen-bond donors (Lipinski definition) is 0. The van der Waals surface area contributed by atoms with Crippen molar-refractivity contribution >= 4 is 11.3 Å². The normalized spacial score (nSPS) is 10.8. The lowest BCUT2D eigenvalue weighted by Crippen LogP contribution is -2.00. The molecule has 16 heavy (non-hydrogen) atoms. The summed E-state index contributed by atoms with van der Waals surface area (Å²) in [4.78, 5) is 8.54. The average molecular weight is 231 g/mol. The molecule has 80 valence electrons. The molecule has 5 heteroatoms. The predicted octanol–water partition coefficient (Wildman–Crippen LogP) is 2.65. The molecular weight excluding hydrogens is 222 g/mol. The van der Waals surface area contributed by atoms with Crippen molar-refractivity contribution in [3.8, 4) is 11.6 Å². The first-order valence-electron chi connectivity index (χ1n) is 4.85. The first-order valence-corrected chi connectivity index (χ1v) is 5.80. The molecule has 0 aliphatic heterocycles. The van der Waals surface area contributed by atoms with E-state index in [1.165, 1.54) is 0 Å². The molecule has 0 radical (unpaired) electrons. The van der Waals surface area contributed by atoms with Gasteiger partial charge in [-0.1, -0.05) is 0 Å². The fraction of sp³-hybridized carbons (Fsp3) is 0.0909. The standard InChI is InChI=1S/C11H9N3OS/c1-2-10(15-5-1)11-12-3-4-14(11)6-9-7-16-8-13-9/h1-5,7-8H,6H2. The van der Waals surface area contributed by atoms with Gasteiger partial charge in [-0.2, -0.15) is 0 Å². The molecule has 3 aromatic heterocycles. The number of aromatic nitrogens is 3. The smallest absolute Gasteiger partial charge is 0.176 e. The lowest BCUT2D eigenvalue weighted by Gasteiger charge is -2.03. The fourth-order valence-corrected chi connectivity index (χ4v) is 2.11. The minimum atomic E-state index is 0.722. The third-order valence-electron chi connectivity index (χ3n) is 2.27. The SMILES string of the molecule is c1coc(-c2nccn2Cc2cscn2)c1. The highest BCUT2D eigenvalue weighted by Crippen LogP contribution is 2.18. The van der Waals surface area contributed by atoms with E-state index in [-0.39, 0.29) is 0 Å². The monoisotopic (exact) mass is 231 g/mol. The van der Waals surface area contributed by atoms with Crippen molar-refractivity contribution in [1.82, 2.24) is 14.5 Å². The van der Waals surface area contributed by atoms with Gasteiger partial charge in [-0.25, -0.2) is 9.97 Å². The lowest BCUT2D eigenvalue weighted by molar-refractivity contribution is 0.571. The second-order valence-corrected chi connectivity index (χ2v) is 4.05. The van der Waals surface area contributed by atoms with Crippen LogP contribution in [-0.2, 0) is 6.54 Å². The van der Waals surface area contributed by atoms with Crippen molar-refractivity contribution in [2.24, 2.45) is 0 Å². The molecule has 0 spiro atoms. The van der Waals surface area contributed by atoms with Crippen molar-refractivity contribution in [1.29, 1.82) is 0 Å². The van der Waals surface area contributed by atoms with Gasteiger partial charge in [-0.3, -0.25) is 0 Å². The number of imidazole rings is 1. The van der Waals surface area contributed by atoms with Crippen molar-refractivity contribution in [3.05, 3.63) is 47.4 Å². The predicted molar refractivity (Wildman–Crippen MR) is 61.1 cm³/mol. The van der Waals surface area contributed by atoms with E-state index < -0.39 is 0 Å². The molecule has 0 N–H and O–H groups in total. The highest BCUT2D eigenvalue weighted by atomic mass is 32.1. The minimum Gasteiger partial charge on any atom is -0.461 e. The molecule has 0 aromatic carbocycles. The summed E-state index contributed by atoms with van der Waals surface area (Å²) in [6.07, 6.45) is 5.35. The largest absolute Gasteiger partial charge is 0.461 e. The van der Waals surface area contributed by atoms with E-state index in [4.69, 9.17) is 4.42 Å². The first kappa shape index (κ1) is 9.35. The van der Waals surface area contributed by atoms with Crippen LogP contribution < -0.4 is 0 Å². The highest BCUT2D eigenvalue weighted by Gasteiger charge is 2.09. The van der Waals surface area contributed by atoms with E-state index >= 15 is 0 Å². The second-order valence-electron chi connectivity index (χ2n) is 3.34. The third kappa shape index (κ3) is 1.65. The third-order valence-corrected chi connectivity index (χ3v) is 2.91. The summed E-state index contributed by atoms with van der Waals surface area (Å²) in [7, 11) is 0. The molecule has 3 aromatic rings. The number of furan rings is 1. The quantitative estimate of drug-likeness (QED) is 0.696. The van der Waals surface area contributed by atoms with Gasteiger partial charge in [0.05, 0.1) is 24.0 Å². The van der Waals surface area contributed by atoms with Crippen LogP contribution in [0.3, 0.4) is 0 Å². The van der Waals surface area contributed by atoms with Gasteiger partial charge < -0.3 is 8.98 Å². The number of hydrogen-bond acceptors (Lipinski definition) is 4. The van der Waals surface area contributed by atoms with Crippen LogP contribution in [0.2, 0.25) is 0 Å². The van der Waals surface area contributed by atoms with Gasteiger partial charge in [0.1, 0.15) is 0 Å². The van der Waals surface area contributed by atoms with Crippen molar-refractivity contribution < 1.29 is 4.42 Å². The molecule has 0 unspecified atom stereocenters. The van der Waals surface area contributed by atoms with Gasteiger partial charge in [0.25, 0.3) is 0 Å². The Bertz CT molecular complexity index is 554. The Balaban J connectivity index is 1.94. The van der Waals surface area contributed by atoms with Gasteiger partial charge in [-0.05, 0) is 12.1 Å². The fourth-order valence-electron chi connectivity index (χ4n) is 1.56. The van der Waals surface area contributed by atoms with Crippen LogP contribution in [0, 0.1) is 0 Å². The summed E-state index contributed by atoms with van der Waals surface area (Å²) in [5.41, 5.74) is 2.87. The van der Waals surface area contributed by atoms with Crippen LogP contribution >= 0.6 is 11.3 Å². The molecule has 0 fully saturated rings. The molecule has 4 nitrogen and oxygen atoms in total. The summed E-state index contributed by atoms with van der Waals surface area (Å²) in [6.45, 7) is 0.722. The lowest BCUT2D eigenvalue weighted by atomic mass is 10.4. The molecule has 0 saturated heterocycles. The van der Waals surface area contributed by atoms with Gasteiger partial charge in [-0.15, -0.1) is 11.3 Å². The Hall–Kier alpha value is -1.88. The molecular formula is C11H9N3OS. The molecule has 0 atom stereocenters. The van der Waals surface area contributed by atoms with Gasteiger partial charge in [0, 0.05) is 17.8 Å². The Labute approximate surface area is 96.2 Å². The van der Waals surface area contributed by atoms with Crippen LogP contribution in [0.25, 0.3) is 11.6 Å². The molecule has 0 aliphatic carbocycles. The van der Waals surface area contributed by atoms with Crippen LogP contribution in [0.4, 0.5) is 0 Å². The van der Waals surface area contributed by atoms with E-state index in [9.17, 15) is 0 Å². The van der Waals surface area contributed by atoms with Gasteiger partial charge in [0.2, 0.25) is 0 Å². The Morgan fingerprint density at radius 2 is 2.38 bits per heavy atom. The Kier molecular flexibility index (Phi) is 2.30. The minimum absolute atomic E-state index is 0.722. The van der Waals surface area contributed by atoms with Crippen molar-refractivity contribution in [3.63, 3.8) is 0 Å². The van der Waals surface area contributed by atoms with Crippen LogP contribution in [0.5, 0.6) is 0 Å². The first-order chi connectivity index (χ1) is 7.93. The Morgan fingerprint density at radius 1 is 1.38 bits per heavy atom. The zero-order valence-corrected chi connectivity index (χ0v) is 9.22. The average Bonchev–Trinajstić information content (AvgIpc) is 2.98. The van der Waals surface area contributed by atoms with Gasteiger partial charge >= 0.3 is 0 Å². The highest BCUT2D eigenvalue weighted by molar-refractivity contribution is 7.07. The van der Waals surface area contributed by atoms with Crippen LogP contribution in [0.15, 0.2) is 46.1 Å². The zero-order valence-electron chi connectivity index (χ0n) is 8.41. The van der Waals surface area contributed by atoms with Gasteiger partial charge in [0.15, 0.2) is 11.6 Å². The Morgan fingerprint density at radius 3 is 3.12 bits per heavy atom. The zero-order chi connectivity index (χ0) is 10.8. The summed E-state index contributed by atoms with van der Waals surface area (Å²) in [5, 5.41) is 2.03. The molecule has 3 heterocycles.